The minimum absolute atomic E-state index is 0.588. The summed E-state index contributed by atoms with van der Waals surface area (Å²) >= 11 is 1.78. The fraction of sp³-hybridized carbons (Fsp3) is 0.647. The molecular weight excluding hydrogens is 308 g/mol. The van der Waals surface area contributed by atoms with Crippen molar-refractivity contribution in [3.63, 3.8) is 0 Å². The first-order valence-corrected chi connectivity index (χ1v) is 9.16. The number of aromatic nitrogens is 3. The Labute approximate surface area is 142 Å². The summed E-state index contributed by atoms with van der Waals surface area (Å²) in [6.07, 6.45) is 4.52. The van der Waals surface area contributed by atoms with Crippen molar-refractivity contribution in [1.82, 2.24) is 19.4 Å². The molecule has 6 heteroatoms. The Balaban J connectivity index is 1.63. The summed E-state index contributed by atoms with van der Waals surface area (Å²) in [5, 5.41) is 0. The summed E-state index contributed by atoms with van der Waals surface area (Å²) in [4.78, 5) is 12.8. The summed E-state index contributed by atoms with van der Waals surface area (Å²) in [5.41, 5.74) is 4.37. The van der Waals surface area contributed by atoms with Crippen molar-refractivity contribution < 1.29 is 4.74 Å². The maximum atomic E-state index is 5.28. The van der Waals surface area contributed by atoms with Gasteiger partial charge in [0.05, 0.1) is 11.2 Å². The van der Waals surface area contributed by atoms with Crippen LogP contribution in [0.4, 0.5) is 0 Å². The van der Waals surface area contributed by atoms with Gasteiger partial charge < -0.3 is 9.30 Å². The smallest absolute Gasteiger partial charge is 0.134 e. The summed E-state index contributed by atoms with van der Waals surface area (Å²) in [7, 11) is 1.73. The Morgan fingerprint density at radius 2 is 2.22 bits per heavy atom. The molecule has 0 spiro atoms. The van der Waals surface area contributed by atoms with E-state index in [1.165, 1.54) is 35.7 Å². The van der Waals surface area contributed by atoms with Crippen LogP contribution in [0, 0.1) is 19.8 Å². The van der Waals surface area contributed by atoms with E-state index in [-0.39, 0.29) is 0 Å². The van der Waals surface area contributed by atoms with Gasteiger partial charge in [-0.05, 0) is 39.2 Å². The molecule has 2 aromatic rings. The number of hydrogen-bond donors (Lipinski definition) is 0. The van der Waals surface area contributed by atoms with Gasteiger partial charge in [0.15, 0.2) is 0 Å². The molecule has 0 radical (unpaired) electrons. The molecule has 0 amide bonds. The van der Waals surface area contributed by atoms with Gasteiger partial charge >= 0.3 is 0 Å². The first-order valence-electron chi connectivity index (χ1n) is 8.28. The lowest BCUT2D eigenvalue weighted by atomic mass is 9.97. The third-order valence-electron chi connectivity index (χ3n) is 4.67. The Kier molecular flexibility index (Phi) is 5.46. The van der Waals surface area contributed by atoms with E-state index in [2.05, 4.69) is 33.3 Å². The second-order valence-corrected chi connectivity index (χ2v) is 7.40. The second-order valence-electron chi connectivity index (χ2n) is 6.46. The van der Waals surface area contributed by atoms with Crippen molar-refractivity contribution in [2.45, 2.75) is 46.4 Å². The summed E-state index contributed by atoms with van der Waals surface area (Å²) in [5.74, 6) is 1.72. The van der Waals surface area contributed by atoms with E-state index in [0.717, 1.165) is 25.5 Å². The molecule has 1 fully saturated rings. The fourth-order valence-corrected chi connectivity index (χ4v) is 4.21. The number of hydrogen-bond acceptors (Lipinski definition) is 5. The molecule has 1 unspecified atom stereocenters. The Morgan fingerprint density at radius 1 is 1.35 bits per heavy atom. The van der Waals surface area contributed by atoms with Gasteiger partial charge in [-0.3, -0.25) is 4.90 Å². The average molecular weight is 334 g/mol. The molecule has 0 saturated carbocycles. The number of rotatable bonds is 6. The van der Waals surface area contributed by atoms with E-state index in [9.17, 15) is 0 Å². The molecule has 1 aliphatic heterocycles. The van der Waals surface area contributed by atoms with Gasteiger partial charge in [0.1, 0.15) is 12.4 Å². The third-order valence-corrected chi connectivity index (χ3v) is 5.59. The molecule has 2 aromatic heterocycles. The maximum Gasteiger partial charge on any atom is 0.134 e. The summed E-state index contributed by atoms with van der Waals surface area (Å²) in [6.45, 7) is 9.27. The second kappa shape index (κ2) is 7.55. The minimum atomic E-state index is 0.588. The van der Waals surface area contributed by atoms with Crippen LogP contribution in [0.15, 0.2) is 11.7 Å². The zero-order valence-electron chi connectivity index (χ0n) is 14.3. The normalized spacial score (nSPS) is 19.3. The number of ether oxygens (including phenoxy) is 1. The van der Waals surface area contributed by atoms with Crippen molar-refractivity contribution in [2.24, 2.45) is 5.92 Å². The molecule has 0 bridgehead atoms. The van der Waals surface area contributed by atoms with E-state index in [1.54, 1.807) is 18.4 Å². The summed E-state index contributed by atoms with van der Waals surface area (Å²) < 4.78 is 7.61. The molecular formula is C17H26N4OS. The molecule has 0 aliphatic carbocycles. The molecule has 0 N–H and O–H groups in total. The van der Waals surface area contributed by atoms with Crippen molar-refractivity contribution in [2.75, 3.05) is 20.2 Å². The Hall–Kier alpha value is -1.24. The largest absolute Gasteiger partial charge is 0.377 e. The monoisotopic (exact) mass is 334 g/mol. The fourth-order valence-electron chi connectivity index (χ4n) is 3.39. The van der Waals surface area contributed by atoms with Gasteiger partial charge in [0.2, 0.25) is 0 Å². The predicted molar refractivity (Wildman–Crippen MR) is 92.5 cm³/mol. The Morgan fingerprint density at radius 3 is 2.96 bits per heavy atom. The molecule has 5 nitrogen and oxygen atoms in total. The van der Waals surface area contributed by atoms with Crippen molar-refractivity contribution in [1.29, 1.82) is 0 Å². The third kappa shape index (κ3) is 4.00. The lowest BCUT2D eigenvalue weighted by Gasteiger charge is -2.33. The van der Waals surface area contributed by atoms with E-state index in [1.807, 2.05) is 11.7 Å². The van der Waals surface area contributed by atoms with Crippen molar-refractivity contribution in [3.05, 3.63) is 33.8 Å². The highest BCUT2D eigenvalue weighted by molar-refractivity contribution is 7.09. The van der Waals surface area contributed by atoms with Crippen LogP contribution in [0.5, 0.6) is 0 Å². The van der Waals surface area contributed by atoms with Gasteiger partial charge in [-0.25, -0.2) is 9.97 Å². The van der Waals surface area contributed by atoms with Crippen LogP contribution in [0.2, 0.25) is 0 Å². The molecule has 1 atom stereocenters. The van der Waals surface area contributed by atoms with E-state index >= 15 is 0 Å². The lowest BCUT2D eigenvalue weighted by molar-refractivity contribution is 0.147. The average Bonchev–Trinajstić information content (AvgIpc) is 3.09. The number of nitrogens with zero attached hydrogens (tertiary/aromatic N) is 4. The molecule has 3 rings (SSSR count). The van der Waals surface area contributed by atoms with Gasteiger partial charge in [-0.2, -0.15) is 0 Å². The Bertz CT molecular complexity index is 636. The highest BCUT2D eigenvalue weighted by atomic mass is 32.1. The van der Waals surface area contributed by atoms with Crippen LogP contribution >= 0.6 is 11.3 Å². The minimum Gasteiger partial charge on any atom is -0.377 e. The summed E-state index contributed by atoms with van der Waals surface area (Å²) in [6, 6.07) is 0. The highest BCUT2D eigenvalue weighted by Crippen LogP contribution is 2.23. The lowest BCUT2D eigenvalue weighted by Crippen LogP contribution is -2.36. The van der Waals surface area contributed by atoms with Crippen LogP contribution in [0.1, 0.15) is 34.9 Å². The van der Waals surface area contributed by atoms with E-state index < -0.39 is 0 Å². The van der Waals surface area contributed by atoms with Crippen molar-refractivity contribution >= 4 is 11.3 Å². The van der Waals surface area contributed by atoms with Crippen LogP contribution in [-0.4, -0.2) is 39.6 Å². The number of piperidine rings is 1. The van der Waals surface area contributed by atoms with Crippen molar-refractivity contribution in [3.8, 4) is 0 Å². The number of methoxy groups -OCH3 is 1. The van der Waals surface area contributed by atoms with Crippen LogP contribution < -0.4 is 0 Å². The van der Waals surface area contributed by atoms with Crippen LogP contribution in [0.25, 0.3) is 0 Å². The van der Waals surface area contributed by atoms with E-state index in [0.29, 0.717) is 12.5 Å². The molecule has 0 aromatic carbocycles. The number of thiazole rings is 1. The quantitative estimate of drug-likeness (QED) is 0.814. The van der Waals surface area contributed by atoms with Gasteiger partial charge in [-0.1, -0.05) is 0 Å². The first-order chi connectivity index (χ1) is 11.2. The van der Waals surface area contributed by atoms with Gasteiger partial charge in [0, 0.05) is 43.5 Å². The highest BCUT2D eigenvalue weighted by Gasteiger charge is 2.22. The molecule has 1 aliphatic rings. The molecule has 23 heavy (non-hydrogen) atoms. The number of imidazole rings is 1. The molecule has 3 heterocycles. The maximum absolute atomic E-state index is 5.28. The standard InChI is InChI=1S/C17H26N4OS/c1-13-7-18-17(11-22-3)21(13)9-15-5-4-6-20(8-15)10-16-14(2)19-12-23-16/h7,12,15H,4-6,8-11H2,1-3H3. The SMILES string of the molecule is COCc1ncc(C)n1CC1CCCN(Cc2scnc2C)C1. The first kappa shape index (κ1) is 16.6. The number of aryl methyl sites for hydroxylation is 2. The molecule has 126 valence electrons. The number of likely N-dealkylation sites (tertiary alicyclic amines) is 1. The predicted octanol–water partition coefficient (Wildman–Crippen LogP) is 3.02. The van der Waals surface area contributed by atoms with Gasteiger partial charge in [-0.15, -0.1) is 11.3 Å². The topological polar surface area (TPSA) is 43.2 Å². The van der Waals surface area contributed by atoms with Crippen LogP contribution in [-0.2, 0) is 24.4 Å². The van der Waals surface area contributed by atoms with Gasteiger partial charge in [0.25, 0.3) is 0 Å². The van der Waals surface area contributed by atoms with Crippen LogP contribution in [0.3, 0.4) is 0 Å². The molecule has 1 saturated heterocycles. The zero-order valence-corrected chi connectivity index (χ0v) is 15.1. The van der Waals surface area contributed by atoms with E-state index in [4.69, 9.17) is 4.74 Å². The zero-order chi connectivity index (χ0) is 16.2.